The number of nitrogens with zero attached hydrogens (tertiary/aromatic N) is 2. The molecule has 0 amide bonds. The molecule has 2 aromatic rings. The van der Waals surface area contributed by atoms with Crippen LogP contribution in [-0.4, -0.2) is 21.3 Å². The normalized spacial score (nSPS) is 10.9. The van der Waals surface area contributed by atoms with Gasteiger partial charge in [-0.05, 0) is 26.0 Å². The molecule has 0 N–H and O–H groups in total. The Hall–Kier alpha value is -0.970. The zero-order valence-corrected chi connectivity index (χ0v) is 14.2. The minimum Gasteiger partial charge on any atom is -0.298 e. The monoisotopic (exact) mass is 342 g/mol. The number of aryl methyl sites for hydroxylation is 2. The average molecular weight is 343 g/mol. The number of carbonyl (C=O) groups excluding carboxylic acids is 1. The number of aromatic nitrogens is 2. The number of benzene rings is 1. The van der Waals surface area contributed by atoms with Crippen molar-refractivity contribution in [3.63, 3.8) is 0 Å². The van der Waals surface area contributed by atoms with Crippen LogP contribution in [0, 0.1) is 6.92 Å². The van der Waals surface area contributed by atoms with Gasteiger partial charge in [0.25, 0.3) is 0 Å². The summed E-state index contributed by atoms with van der Waals surface area (Å²) in [5.74, 6) is 0.477. The standard InChI is InChI=1S/C15H16Cl2N2OS/c1-3-19-13(15(17)10(2)18-19)8-11(20)9-21-14-7-5-4-6-12(14)16/h4-7H,3,8-9H2,1-2H3. The van der Waals surface area contributed by atoms with E-state index in [0.717, 1.165) is 16.3 Å². The van der Waals surface area contributed by atoms with Gasteiger partial charge in [0.15, 0.2) is 0 Å². The Kier molecular flexibility index (Phi) is 5.73. The summed E-state index contributed by atoms with van der Waals surface area (Å²) in [6.07, 6.45) is 0.297. The third-order valence-corrected chi connectivity index (χ3v) is 5.11. The minimum atomic E-state index is 0.108. The van der Waals surface area contributed by atoms with Gasteiger partial charge in [-0.1, -0.05) is 35.3 Å². The highest BCUT2D eigenvalue weighted by atomic mass is 35.5. The second kappa shape index (κ2) is 7.34. The van der Waals surface area contributed by atoms with E-state index < -0.39 is 0 Å². The molecule has 0 bridgehead atoms. The summed E-state index contributed by atoms with van der Waals surface area (Å²) in [4.78, 5) is 13.1. The Bertz CT molecular complexity index is 655. The van der Waals surface area contributed by atoms with Gasteiger partial charge in [0, 0.05) is 11.4 Å². The first kappa shape index (κ1) is 16.4. The SMILES string of the molecule is CCn1nc(C)c(Cl)c1CC(=O)CSc1ccccc1Cl. The van der Waals surface area contributed by atoms with E-state index in [1.54, 1.807) is 4.68 Å². The van der Waals surface area contributed by atoms with Crippen molar-refractivity contribution >= 4 is 40.7 Å². The lowest BCUT2D eigenvalue weighted by molar-refractivity contribution is -0.116. The van der Waals surface area contributed by atoms with Crippen LogP contribution in [-0.2, 0) is 17.8 Å². The summed E-state index contributed by atoms with van der Waals surface area (Å²) in [7, 11) is 0. The van der Waals surface area contributed by atoms with Crippen LogP contribution in [0.2, 0.25) is 10.0 Å². The van der Waals surface area contributed by atoms with Gasteiger partial charge in [0.1, 0.15) is 5.78 Å². The maximum atomic E-state index is 12.2. The molecule has 0 radical (unpaired) electrons. The van der Waals surface area contributed by atoms with Crippen LogP contribution in [0.3, 0.4) is 0 Å². The van der Waals surface area contributed by atoms with E-state index in [9.17, 15) is 4.79 Å². The highest BCUT2D eigenvalue weighted by Crippen LogP contribution is 2.27. The molecule has 1 aromatic heterocycles. The molecule has 21 heavy (non-hydrogen) atoms. The van der Waals surface area contributed by atoms with Gasteiger partial charge in [-0.25, -0.2) is 0 Å². The summed E-state index contributed by atoms with van der Waals surface area (Å²) in [5.41, 5.74) is 1.56. The molecule has 0 atom stereocenters. The van der Waals surface area contributed by atoms with Crippen molar-refractivity contribution in [2.24, 2.45) is 0 Å². The maximum absolute atomic E-state index is 12.2. The van der Waals surface area contributed by atoms with E-state index in [1.165, 1.54) is 11.8 Å². The number of halogens is 2. The molecule has 0 aliphatic carbocycles. The van der Waals surface area contributed by atoms with Crippen molar-refractivity contribution in [3.05, 3.63) is 45.7 Å². The fourth-order valence-electron chi connectivity index (χ4n) is 2.00. The Balaban J connectivity index is 2.01. The molecule has 0 aliphatic heterocycles. The fourth-order valence-corrected chi connectivity index (χ4v) is 3.30. The zero-order chi connectivity index (χ0) is 15.4. The molecule has 1 aromatic carbocycles. The highest BCUT2D eigenvalue weighted by Gasteiger charge is 2.16. The lowest BCUT2D eigenvalue weighted by atomic mass is 10.2. The fraction of sp³-hybridized carbons (Fsp3) is 0.333. The van der Waals surface area contributed by atoms with Crippen molar-refractivity contribution in [1.82, 2.24) is 9.78 Å². The van der Waals surface area contributed by atoms with E-state index in [2.05, 4.69) is 5.10 Å². The molecule has 0 fully saturated rings. The molecular weight excluding hydrogens is 327 g/mol. The van der Waals surface area contributed by atoms with E-state index in [1.807, 2.05) is 38.1 Å². The smallest absolute Gasteiger partial charge is 0.149 e. The van der Waals surface area contributed by atoms with Gasteiger partial charge in [0.2, 0.25) is 0 Å². The van der Waals surface area contributed by atoms with Gasteiger partial charge in [-0.3, -0.25) is 9.48 Å². The molecule has 0 spiro atoms. The molecule has 6 heteroatoms. The number of thioether (sulfide) groups is 1. The van der Waals surface area contributed by atoms with Crippen LogP contribution in [0.15, 0.2) is 29.2 Å². The van der Waals surface area contributed by atoms with Gasteiger partial charge < -0.3 is 0 Å². The molecule has 0 unspecified atom stereocenters. The predicted octanol–water partition coefficient (Wildman–Crippen LogP) is 4.42. The van der Waals surface area contributed by atoms with E-state index in [4.69, 9.17) is 23.2 Å². The second-order valence-electron chi connectivity index (χ2n) is 4.60. The first-order valence-corrected chi connectivity index (χ1v) is 8.37. The number of hydrogen-bond donors (Lipinski definition) is 0. The number of hydrogen-bond acceptors (Lipinski definition) is 3. The van der Waals surface area contributed by atoms with Crippen molar-refractivity contribution in [1.29, 1.82) is 0 Å². The molecule has 112 valence electrons. The van der Waals surface area contributed by atoms with Crippen LogP contribution in [0.25, 0.3) is 0 Å². The van der Waals surface area contributed by atoms with Gasteiger partial charge in [0.05, 0.1) is 33.6 Å². The summed E-state index contributed by atoms with van der Waals surface area (Å²) >= 11 is 13.7. The Morgan fingerprint density at radius 2 is 2.05 bits per heavy atom. The lowest BCUT2D eigenvalue weighted by Gasteiger charge is -2.06. The Morgan fingerprint density at radius 3 is 2.71 bits per heavy atom. The van der Waals surface area contributed by atoms with Crippen LogP contribution in [0.5, 0.6) is 0 Å². The number of carbonyl (C=O) groups is 1. The molecule has 3 nitrogen and oxygen atoms in total. The molecular formula is C15H16Cl2N2OS. The van der Waals surface area contributed by atoms with Crippen molar-refractivity contribution in [2.75, 3.05) is 5.75 Å². The van der Waals surface area contributed by atoms with Crippen LogP contribution in [0.1, 0.15) is 18.3 Å². The first-order valence-electron chi connectivity index (χ1n) is 6.63. The minimum absolute atomic E-state index is 0.108. The van der Waals surface area contributed by atoms with E-state index in [0.29, 0.717) is 28.8 Å². The van der Waals surface area contributed by atoms with E-state index >= 15 is 0 Å². The topological polar surface area (TPSA) is 34.9 Å². The van der Waals surface area contributed by atoms with Crippen LogP contribution in [0.4, 0.5) is 0 Å². The van der Waals surface area contributed by atoms with Crippen molar-refractivity contribution in [2.45, 2.75) is 31.7 Å². The first-order chi connectivity index (χ1) is 10.0. The molecule has 0 saturated carbocycles. The third-order valence-electron chi connectivity index (χ3n) is 3.04. The largest absolute Gasteiger partial charge is 0.298 e. The Morgan fingerprint density at radius 1 is 1.33 bits per heavy atom. The van der Waals surface area contributed by atoms with Gasteiger partial charge in [-0.2, -0.15) is 5.10 Å². The quantitative estimate of drug-likeness (QED) is 0.728. The molecule has 1 heterocycles. The molecule has 0 aliphatic rings. The summed E-state index contributed by atoms with van der Waals surface area (Å²) in [6, 6.07) is 7.51. The van der Waals surface area contributed by atoms with Crippen LogP contribution < -0.4 is 0 Å². The van der Waals surface area contributed by atoms with Gasteiger partial charge >= 0.3 is 0 Å². The highest BCUT2D eigenvalue weighted by molar-refractivity contribution is 8.00. The summed E-state index contributed by atoms with van der Waals surface area (Å²) in [5, 5.41) is 5.58. The van der Waals surface area contributed by atoms with E-state index in [-0.39, 0.29) is 5.78 Å². The number of Topliss-reactive ketones (excluding diaryl/α,β-unsaturated/α-hetero) is 1. The average Bonchev–Trinajstić information content (AvgIpc) is 2.74. The van der Waals surface area contributed by atoms with Crippen LogP contribution >= 0.6 is 35.0 Å². The van der Waals surface area contributed by atoms with Crippen molar-refractivity contribution in [3.8, 4) is 0 Å². The lowest BCUT2D eigenvalue weighted by Crippen LogP contribution is -2.11. The third kappa shape index (κ3) is 4.02. The van der Waals surface area contributed by atoms with Gasteiger partial charge in [-0.15, -0.1) is 11.8 Å². The number of rotatable bonds is 6. The predicted molar refractivity (Wildman–Crippen MR) is 88.5 cm³/mol. The summed E-state index contributed by atoms with van der Waals surface area (Å²) in [6.45, 7) is 4.53. The molecule has 2 rings (SSSR count). The zero-order valence-electron chi connectivity index (χ0n) is 11.9. The second-order valence-corrected chi connectivity index (χ2v) is 6.40. The molecule has 0 saturated heterocycles. The maximum Gasteiger partial charge on any atom is 0.149 e. The Labute approximate surface area is 138 Å². The van der Waals surface area contributed by atoms with Crippen molar-refractivity contribution < 1.29 is 4.79 Å². The summed E-state index contributed by atoms with van der Waals surface area (Å²) < 4.78 is 1.79. The number of ketones is 1.